The summed E-state index contributed by atoms with van der Waals surface area (Å²) >= 11 is 11.0. The lowest BCUT2D eigenvalue weighted by molar-refractivity contribution is 0.364. The molecule has 1 heterocycles. The first-order chi connectivity index (χ1) is 7.72. The molecule has 1 fully saturated rings. The normalized spacial score (nSPS) is 20.5. The van der Waals surface area contributed by atoms with Gasteiger partial charge in [0.15, 0.2) is 5.17 Å². The maximum Gasteiger partial charge on any atom is 0.157 e. The SMILES string of the molecule is N=C1SCC(CCl)N1Cc1ccccc1Br. The number of rotatable bonds is 3. The van der Waals surface area contributed by atoms with Crippen molar-refractivity contribution in [3.63, 3.8) is 0 Å². The minimum Gasteiger partial charge on any atom is -0.342 e. The Bertz CT molecular complexity index is 399. The van der Waals surface area contributed by atoms with Gasteiger partial charge in [-0.05, 0) is 11.6 Å². The molecule has 16 heavy (non-hydrogen) atoms. The fraction of sp³-hybridized carbons (Fsp3) is 0.364. The standard InChI is InChI=1S/C11H12BrClN2S/c12-10-4-2-1-3-8(10)6-15-9(5-13)7-16-11(15)14/h1-4,9,14H,5-7H2. The van der Waals surface area contributed by atoms with Crippen LogP contribution in [0, 0.1) is 5.41 Å². The van der Waals surface area contributed by atoms with Crippen LogP contribution in [0.25, 0.3) is 0 Å². The third-order valence-corrected chi connectivity index (χ3v) is 4.78. The molecule has 0 radical (unpaired) electrons. The minimum absolute atomic E-state index is 0.284. The Hall–Kier alpha value is -0.190. The van der Waals surface area contributed by atoms with Crippen LogP contribution in [-0.4, -0.2) is 27.7 Å². The van der Waals surface area contributed by atoms with E-state index in [0.29, 0.717) is 11.0 Å². The Balaban J connectivity index is 2.14. The second kappa shape index (κ2) is 5.43. The molecule has 0 bridgehead atoms. The number of alkyl halides is 1. The Morgan fingerprint density at radius 2 is 2.25 bits per heavy atom. The van der Waals surface area contributed by atoms with Crippen molar-refractivity contribution in [2.24, 2.45) is 0 Å². The van der Waals surface area contributed by atoms with Gasteiger partial charge < -0.3 is 4.90 Å². The molecule has 2 rings (SSSR count). The number of amidine groups is 1. The molecule has 1 saturated heterocycles. The van der Waals surface area contributed by atoms with Crippen molar-refractivity contribution in [3.8, 4) is 0 Å². The Labute approximate surface area is 113 Å². The molecule has 1 N–H and O–H groups in total. The monoisotopic (exact) mass is 318 g/mol. The summed E-state index contributed by atoms with van der Waals surface area (Å²) < 4.78 is 1.09. The van der Waals surface area contributed by atoms with Crippen molar-refractivity contribution < 1.29 is 0 Å². The molecule has 1 aromatic carbocycles. The molecule has 0 saturated carbocycles. The summed E-state index contributed by atoms with van der Waals surface area (Å²) in [6, 6.07) is 8.40. The summed E-state index contributed by atoms with van der Waals surface area (Å²) in [5.41, 5.74) is 1.20. The van der Waals surface area contributed by atoms with Crippen molar-refractivity contribution in [3.05, 3.63) is 34.3 Å². The van der Waals surface area contributed by atoms with Gasteiger partial charge in [0.1, 0.15) is 0 Å². The van der Waals surface area contributed by atoms with Gasteiger partial charge in [0.2, 0.25) is 0 Å². The van der Waals surface area contributed by atoms with Crippen molar-refractivity contribution in [2.75, 3.05) is 11.6 Å². The van der Waals surface area contributed by atoms with Crippen LogP contribution in [0.15, 0.2) is 28.7 Å². The number of halogens is 2. The molecular formula is C11H12BrClN2S. The molecule has 1 aliphatic rings. The first-order valence-electron chi connectivity index (χ1n) is 4.99. The summed E-state index contributed by atoms with van der Waals surface area (Å²) in [6.07, 6.45) is 0. The third kappa shape index (κ3) is 2.55. The minimum atomic E-state index is 0.284. The highest BCUT2D eigenvalue weighted by molar-refractivity contribution is 9.10. The lowest BCUT2D eigenvalue weighted by Gasteiger charge is -2.24. The van der Waals surface area contributed by atoms with Gasteiger partial charge in [-0.15, -0.1) is 11.6 Å². The predicted octanol–water partition coefficient (Wildman–Crippen LogP) is 3.54. The van der Waals surface area contributed by atoms with E-state index in [-0.39, 0.29) is 6.04 Å². The van der Waals surface area contributed by atoms with Crippen molar-refractivity contribution >= 4 is 44.5 Å². The maximum atomic E-state index is 7.87. The first kappa shape index (κ1) is 12.3. The van der Waals surface area contributed by atoms with Crippen LogP contribution in [0.2, 0.25) is 0 Å². The average molecular weight is 320 g/mol. The van der Waals surface area contributed by atoms with Gasteiger partial charge in [-0.2, -0.15) is 0 Å². The van der Waals surface area contributed by atoms with Gasteiger partial charge in [-0.3, -0.25) is 5.41 Å². The number of thioether (sulfide) groups is 1. The molecule has 1 aliphatic heterocycles. The van der Waals surface area contributed by atoms with Crippen LogP contribution in [0.4, 0.5) is 0 Å². The summed E-state index contributed by atoms with van der Waals surface area (Å²) in [5, 5.41) is 8.50. The molecule has 0 aliphatic carbocycles. The van der Waals surface area contributed by atoms with Gasteiger partial charge in [0.05, 0.1) is 6.04 Å². The fourth-order valence-corrected chi connectivity index (χ4v) is 3.50. The van der Waals surface area contributed by atoms with E-state index in [2.05, 4.69) is 26.9 Å². The number of nitrogens with zero attached hydrogens (tertiary/aromatic N) is 1. The molecule has 0 aromatic heterocycles. The average Bonchev–Trinajstić information content (AvgIpc) is 2.63. The summed E-state index contributed by atoms with van der Waals surface area (Å²) in [5.74, 6) is 1.51. The van der Waals surface area contributed by atoms with E-state index in [9.17, 15) is 0 Å². The highest BCUT2D eigenvalue weighted by Gasteiger charge is 2.28. The van der Waals surface area contributed by atoms with E-state index >= 15 is 0 Å². The maximum absolute atomic E-state index is 7.87. The molecule has 1 atom stereocenters. The van der Waals surface area contributed by atoms with Crippen molar-refractivity contribution in [2.45, 2.75) is 12.6 Å². The Morgan fingerprint density at radius 1 is 1.50 bits per heavy atom. The van der Waals surface area contributed by atoms with Crippen LogP contribution < -0.4 is 0 Å². The second-order valence-corrected chi connectivity index (χ2v) is 5.82. The number of benzene rings is 1. The molecule has 2 nitrogen and oxygen atoms in total. The molecule has 1 aromatic rings. The highest BCUT2D eigenvalue weighted by atomic mass is 79.9. The fourth-order valence-electron chi connectivity index (χ4n) is 1.65. The van der Waals surface area contributed by atoms with Crippen LogP contribution in [0.5, 0.6) is 0 Å². The molecule has 5 heteroatoms. The van der Waals surface area contributed by atoms with E-state index in [4.69, 9.17) is 17.0 Å². The number of hydrogen-bond donors (Lipinski definition) is 1. The zero-order valence-corrected chi connectivity index (χ0v) is 11.8. The third-order valence-electron chi connectivity index (χ3n) is 2.59. The lowest BCUT2D eigenvalue weighted by Crippen LogP contribution is -2.34. The molecule has 0 amide bonds. The van der Waals surface area contributed by atoms with E-state index in [1.807, 2.05) is 18.2 Å². The summed E-state index contributed by atoms with van der Waals surface area (Å²) in [4.78, 5) is 2.07. The summed E-state index contributed by atoms with van der Waals surface area (Å²) in [6.45, 7) is 0.755. The molecule has 1 unspecified atom stereocenters. The van der Waals surface area contributed by atoms with Gasteiger partial charge >= 0.3 is 0 Å². The van der Waals surface area contributed by atoms with Crippen LogP contribution in [0.3, 0.4) is 0 Å². The lowest BCUT2D eigenvalue weighted by atomic mass is 10.2. The van der Waals surface area contributed by atoms with Gasteiger partial charge in [0, 0.05) is 22.7 Å². The zero-order valence-electron chi connectivity index (χ0n) is 8.62. The molecular weight excluding hydrogens is 308 g/mol. The summed E-state index contributed by atoms with van der Waals surface area (Å²) in [7, 11) is 0. The largest absolute Gasteiger partial charge is 0.342 e. The zero-order chi connectivity index (χ0) is 11.5. The number of nitrogens with one attached hydrogen (secondary N) is 1. The Morgan fingerprint density at radius 3 is 2.94 bits per heavy atom. The van der Waals surface area contributed by atoms with Crippen LogP contribution in [-0.2, 0) is 6.54 Å². The first-order valence-corrected chi connectivity index (χ1v) is 7.31. The van der Waals surface area contributed by atoms with Gasteiger partial charge in [-0.25, -0.2) is 0 Å². The highest BCUT2D eigenvalue weighted by Crippen LogP contribution is 2.27. The Kier molecular flexibility index (Phi) is 4.16. The van der Waals surface area contributed by atoms with E-state index in [0.717, 1.165) is 16.8 Å². The quantitative estimate of drug-likeness (QED) is 0.863. The smallest absolute Gasteiger partial charge is 0.157 e. The second-order valence-electron chi connectivity index (χ2n) is 3.64. The molecule has 86 valence electrons. The molecule has 0 spiro atoms. The van der Waals surface area contributed by atoms with E-state index in [1.54, 1.807) is 11.8 Å². The van der Waals surface area contributed by atoms with Crippen LogP contribution in [0.1, 0.15) is 5.56 Å². The topological polar surface area (TPSA) is 27.1 Å². The predicted molar refractivity (Wildman–Crippen MR) is 74.4 cm³/mol. The van der Waals surface area contributed by atoms with Crippen molar-refractivity contribution in [1.82, 2.24) is 4.90 Å². The van der Waals surface area contributed by atoms with E-state index in [1.165, 1.54) is 5.56 Å². The van der Waals surface area contributed by atoms with Gasteiger partial charge in [0.25, 0.3) is 0 Å². The van der Waals surface area contributed by atoms with E-state index < -0.39 is 0 Å². The van der Waals surface area contributed by atoms with Crippen molar-refractivity contribution in [1.29, 1.82) is 5.41 Å². The number of hydrogen-bond acceptors (Lipinski definition) is 2. The van der Waals surface area contributed by atoms with Gasteiger partial charge in [-0.1, -0.05) is 45.9 Å². The van der Waals surface area contributed by atoms with Crippen LogP contribution >= 0.6 is 39.3 Å².